The van der Waals surface area contributed by atoms with Crippen molar-refractivity contribution < 1.29 is 14.7 Å². The first-order valence-electron chi connectivity index (χ1n) is 10.0. The van der Waals surface area contributed by atoms with Crippen LogP contribution in [0.5, 0.6) is 0 Å². The minimum atomic E-state index is -0.654. The van der Waals surface area contributed by atoms with Crippen molar-refractivity contribution in [1.82, 2.24) is 15.2 Å². The number of nitrogens with zero attached hydrogens (tertiary/aromatic N) is 2. The summed E-state index contributed by atoms with van der Waals surface area (Å²) in [5.41, 5.74) is 4.94. The maximum absolute atomic E-state index is 12.9. The van der Waals surface area contributed by atoms with Crippen LogP contribution in [-0.4, -0.2) is 45.5 Å². The summed E-state index contributed by atoms with van der Waals surface area (Å²) in [6.07, 6.45) is 0.00957. The molecule has 0 unspecified atom stereocenters. The van der Waals surface area contributed by atoms with Crippen LogP contribution in [0.15, 0.2) is 29.8 Å². The molecule has 6 nitrogen and oxygen atoms in total. The van der Waals surface area contributed by atoms with Gasteiger partial charge in [-0.05, 0) is 30.9 Å². The molecule has 156 valence electrons. The van der Waals surface area contributed by atoms with Gasteiger partial charge in [0.15, 0.2) is 0 Å². The van der Waals surface area contributed by atoms with Gasteiger partial charge in [0.25, 0.3) is 0 Å². The summed E-state index contributed by atoms with van der Waals surface area (Å²) in [7, 11) is 0. The monoisotopic (exact) mass is 415 g/mol. The zero-order chi connectivity index (χ0) is 21.1. The summed E-state index contributed by atoms with van der Waals surface area (Å²) in [6, 6.07) is 7.28. The number of aromatic nitrogens is 1. The summed E-state index contributed by atoms with van der Waals surface area (Å²) in [5.74, 6) is -0.0780. The fraction of sp³-hybridized carbons (Fsp3) is 0.500. The van der Waals surface area contributed by atoms with Gasteiger partial charge < -0.3 is 15.3 Å². The fourth-order valence-electron chi connectivity index (χ4n) is 3.70. The van der Waals surface area contributed by atoms with Crippen molar-refractivity contribution in [2.45, 2.75) is 58.7 Å². The number of hydrogen-bond donors (Lipinski definition) is 2. The Bertz CT molecular complexity index is 862. The van der Waals surface area contributed by atoms with E-state index in [4.69, 9.17) is 0 Å². The Morgan fingerprint density at radius 3 is 2.55 bits per heavy atom. The van der Waals surface area contributed by atoms with Crippen molar-refractivity contribution in [2.75, 3.05) is 6.54 Å². The van der Waals surface area contributed by atoms with E-state index in [2.05, 4.69) is 10.3 Å². The lowest BCUT2D eigenvalue weighted by atomic mass is 10.0. The molecule has 3 atom stereocenters. The van der Waals surface area contributed by atoms with E-state index in [0.29, 0.717) is 6.42 Å². The molecule has 1 aliphatic heterocycles. The van der Waals surface area contributed by atoms with Crippen molar-refractivity contribution in [2.24, 2.45) is 5.92 Å². The van der Waals surface area contributed by atoms with Crippen LogP contribution in [0.4, 0.5) is 0 Å². The van der Waals surface area contributed by atoms with Crippen molar-refractivity contribution in [3.8, 4) is 10.4 Å². The van der Waals surface area contributed by atoms with Gasteiger partial charge in [-0.3, -0.25) is 9.59 Å². The molecule has 29 heavy (non-hydrogen) atoms. The molecule has 1 aliphatic rings. The Morgan fingerprint density at radius 1 is 1.28 bits per heavy atom. The number of rotatable bonds is 6. The highest BCUT2D eigenvalue weighted by atomic mass is 32.1. The lowest BCUT2D eigenvalue weighted by Crippen LogP contribution is -2.46. The van der Waals surface area contributed by atoms with Gasteiger partial charge in [-0.15, -0.1) is 11.3 Å². The van der Waals surface area contributed by atoms with E-state index >= 15 is 0 Å². The topological polar surface area (TPSA) is 82.5 Å². The van der Waals surface area contributed by atoms with E-state index in [0.717, 1.165) is 21.7 Å². The van der Waals surface area contributed by atoms with Gasteiger partial charge in [-0.1, -0.05) is 38.1 Å². The van der Waals surface area contributed by atoms with Crippen LogP contribution in [-0.2, 0) is 9.59 Å². The molecule has 1 saturated heterocycles. The van der Waals surface area contributed by atoms with Crippen LogP contribution in [0.2, 0.25) is 0 Å². The molecule has 3 rings (SSSR count). The molecule has 0 radical (unpaired) electrons. The number of aryl methyl sites for hydroxylation is 1. The summed E-state index contributed by atoms with van der Waals surface area (Å²) in [4.78, 5) is 32.3. The Balaban J connectivity index is 1.66. The largest absolute Gasteiger partial charge is 0.391 e. The first-order valence-corrected chi connectivity index (χ1v) is 10.9. The second-order valence-corrected chi connectivity index (χ2v) is 9.02. The standard InChI is InChI=1S/C22H29N3O3S/c1-13(2)9-20(27)25-11-18(26)10-19(25)22(28)24-14(3)16-5-7-17(8-6-16)21-15(4)23-12-29-21/h5-8,12-14,18-19,26H,9-11H2,1-4H3,(H,24,28)/t14-,18+,19-/m0/s1. The van der Waals surface area contributed by atoms with Crippen molar-refractivity contribution in [1.29, 1.82) is 0 Å². The molecule has 7 heteroatoms. The fourth-order valence-corrected chi connectivity index (χ4v) is 4.51. The Morgan fingerprint density at radius 2 is 1.97 bits per heavy atom. The number of benzene rings is 1. The zero-order valence-corrected chi connectivity index (χ0v) is 18.2. The minimum Gasteiger partial charge on any atom is -0.391 e. The number of thiazole rings is 1. The third kappa shape index (κ3) is 5.03. The molecule has 2 heterocycles. The highest BCUT2D eigenvalue weighted by Gasteiger charge is 2.39. The van der Waals surface area contributed by atoms with E-state index in [1.54, 1.807) is 11.3 Å². The van der Waals surface area contributed by atoms with E-state index in [1.807, 2.05) is 57.5 Å². The Labute approximate surface area is 176 Å². The number of aliphatic hydroxyl groups excluding tert-OH is 1. The number of carbonyl (C=O) groups excluding carboxylic acids is 2. The first kappa shape index (κ1) is 21.5. The maximum atomic E-state index is 12.9. The lowest BCUT2D eigenvalue weighted by Gasteiger charge is -2.26. The van der Waals surface area contributed by atoms with Crippen molar-refractivity contribution in [3.05, 3.63) is 41.0 Å². The van der Waals surface area contributed by atoms with Gasteiger partial charge >= 0.3 is 0 Å². The Hall–Kier alpha value is -2.25. The van der Waals surface area contributed by atoms with E-state index in [9.17, 15) is 14.7 Å². The van der Waals surface area contributed by atoms with Crippen LogP contribution >= 0.6 is 11.3 Å². The van der Waals surface area contributed by atoms with E-state index < -0.39 is 12.1 Å². The highest BCUT2D eigenvalue weighted by Crippen LogP contribution is 2.28. The number of likely N-dealkylation sites (tertiary alicyclic amines) is 1. The second kappa shape index (κ2) is 9.05. The number of hydrogen-bond acceptors (Lipinski definition) is 5. The van der Waals surface area contributed by atoms with Crippen LogP contribution in [0.25, 0.3) is 10.4 Å². The number of nitrogens with one attached hydrogen (secondary N) is 1. The molecular weight excluding hydrogens is 386 g/mol. The molecule has 1 aromatic heterocycles. The molecule has 0 aliphatic carbocycles. The molecular formula is C22H29N3O3S. The third-order valence-electron chi connectivity index (χ3n) is 5.26. The molecule has 0 spiro atoms. The molecule has 0 bridgehead atoms. The summed E-state index contributed by atoms with van der Waals surface area (Å²) in [6.45, 7) is 8.08. The highest BCUT2D eigenvalue weighted by molar-refractivity contribution is 7.13. The molecule has 2 amide bonds. The summed E-state index contributed by atoms with van der Waals surface area (Å²) >= 11 is 1.61. The number of amides is 2. The molecule has 0 saturated carbocycles. The first-order chi connectivity index (χ1) is 13.8. The van der Waals surface area contributed by atoms with Crippen molar-refractivity contribution >= 4 is 23.2 Å². The van der Waals surface area contributed by atoms with Crippen molar-refractivity contribution in [3.63, 3.8) is 0 Å². The predicted molar refractivity (Wildman–Crippen MR) is 114 cm³/mol. The molecule has 2 aromatic rings. The molecule has 2 N–H and O–H groups in total. The van der Waals surface area contributed by atoms with E-state index in [1.165, 1.54) is 4.90 Å². The minimum absolute atomic E-state index is 0.0753. The van der Waals surface area contributed by atoms with Gasteiger partial charge in [0.2, 0.25) is 11.8 Å². The average Bonchev–Trinajstić information content (AvgIpc) is 3.27. The summed E-state index contributed by atoms with van der Waals surface area (Å²) in [5, 5.41) is 13.0. The van der Waals surface area contributed by atoms with E-state index in [-0.39, 0.29) is 36.7 Å². The van der Waals surface area contributed by atoms with Crippen LogP contribution in [0.1, 0.15) is 50.9 Å². The number of β-amino-alcohol motifs (C(OH)–C–C–N with tert-alkyl or cyclic N) is 1. The number of aliphatic hydroxyl groups is 1. The smallest absolute Gasteiger partial charge is 0.243 e. The second-order valence-electron chi connectivity index (χ2n) is 8.17. The molecule has 1 fully saturated rings. The summed E-state index contributed by atoms with van der Waals surface area (Å²) < 4.78 is 0. The average molecular weight is 416 g/mol. The third-order valence-corrected chi connectivity index (χ3v) is 6.24. The predicted octanol–water partition coefficient (Wildman–Crippen LogP) is 3.30. The van der Waals surface area contributed by atoms with Gasteiger partial charge in [-0.2, -0.15) is 0 Å². The quantitative estimate of drug-likeness (QED) is 0.758. The van der Waals surface area contributed by atoms with Crippen LogP contribution in [0, 0.1) is 12.8 Å². The number of carbonyl (C=O) groups is 2. The van der Waals surface area contributed by atoms with Gasteiger partial charge in [0.05, 0.1) is 28.2 Å². The SMILES string of the molecule is Cc1ncsc1-c1ccc([C@H](C)NC(=O)[C@@H]2C[C@@H](O)CN2C(=O)CC(C)C)cc1. The van der Waals surface area contributed by atoms with Gasteiger partial charge in [-0.25, -0.2) is 4.98 Å². The van der Waals surface area contributed by atoms with Crippen LogP contribution in [0.3, 0.4) is 0 Å². The van der Waals surface area contributed by atoms with Gasteiger partial charge in [0, 0.05) is 19.4 Å². The Kier molecular flexibility index (Phi) is 6.70. The van der Waals surface area contributed by atoms with Crippen LogP contribution < -0.4 is 5.32 Å². The normalized spacial score (nSPS) is 20.1. The maximum Gasteiger partial charge on any atom is 0.243 e. The van der Waals surface area contributed by atoms with Gasteiger partial charge in [0.1, 0.15) is 6.04 Å². The zero-order valence-electron chi connectivity index (χ0n) is 17.4. The molecule has 1 aromatic carbocycles. The lowest BCUT2D eigenvalue weighted by molar-refractivity contribution is -0.139.